The fraction of sp³-hybridized carbons (Fsp3) is 0.513. The molecule has 0 fully saturated rings. The third-order valence-electron chi connectivity index (χ3n) is 8.92. The molecule has 0 N–H and O–H groups in total. The summed E-state index contributed by atoms with van der Waals surface area (Å²) in [5.74, 6) is 2.84. The van der Waals surface area contributed by atoms with Crippen LogP contribution in [0.4, 0.5) is 0 Å². The SMILES string of the molecule is CCCCn1c(-c2ccc(OCCc3ccc(Cl)cc3)cc2)nc2c(CCCN(CC)CC)cc(OCCCN(CC)CC)cc21. The molecule has 0 aliphatic carbocycles. The molecule has 3 aromatic carbocycles. The first-order chi connectivity index (χ1) is 22.5. The summed E-state index contributed by atoms with van der Waals surface area (Å²) in [6.45, 7) is 19.9. The predicted molar refractivity (Wildman–Crippen MR) is 195 cm³/mol. The second-order valence-electron chi connectivity index (χ2n) is 12.0. The van der Waals surface area contributed by atoms with Gasteiger partial charge in [0.2, 0.25) is 0 Å². The normalized spacial score (nSPS) is 11.7. The van der Waals surface area contributed by atoms with Crippen LogP contribution in [-0.2, 0) is 19.4 Å². The number of rotatable bonds is 21. The van der Waals surface area contributed by atoms with E-state index in [1.165, 1.54) is 16.6 Å². The van der Waals surface area contributed by atoms with E-state index in [4.69, 9.17) is 26.1 Å². The Balaban J connectivity index is 1.58. The number of aromatic nitrogens is 2. The third kappa shape index (κ3) is 10.2. The van der Waals surface area contributed by atoms with E-state index in [1.807, 2.05) is 12.1 Å². The number of nitrogens with zero attached hydrogens (tertiary/aromatic N) is 4. The number of ether oxygens (including phenoxy) is 2. The Morgan fingerprint density at radius 2 is 1.35 bits per heavy atom. The molecule has 0 saturated carbocycles. The van der Waals surface area contributed by atoms with E-state index in [-0.39, 0.29) is 0 Å². The van der Waals surface area contributed by atoms with Crippen LogP contribution in [0.15, 0.2) is 60.7 Å². The summed E-state index contributed by atoms with van der Waals surface area (Å²) in [5.41, 5.74) is 5.87. The number of hydrogen-bond donors (Lipinski definition) is 0. The summed E-state index contributed by atoms with van der Waals surface area (Å²) in [6.07, 6.45) is 6.15. The first kappa shape index (κ1) is 35.8. The van der Waals surface area contributed by atoms with E-state index < -0.39 is 0 Å². The van der Waals surface area contributed by atoms with Gasteiger partial charge in [0.05, 0.1) is 24.2 Å². The predicted octanol–water partition coefficient (Wildman–Crippen LogP) is 9.16. The van der Waals surface area contributed by atoms with Gasteiger partial charge < -0.3 is 23.8 Å². The topological polar surface area (TPSA) is 42.8 Å². The van der Waals surface area contributed by atoms with Gasteiger partial charge in [0.15, 0.2) is 0 Å². The second-order valence-corrected chi connectivity index (χ2v) is 12.4. The molecule has 46 heavy (non-hydrogen) atoms. The highest BCUT2D eigenvalue weighted by atomic mass is 35.5. The average Bonchev–Trinajstić information content (AvgIpc) is 3.45. The lowest BCUT2D eigenvalue weighted by Crippen LogP contribution is -2.25. The fourth-order valence-electron chi connectivity index (χ4n) is 5.99. The van der Waals surface area contributed by atoms with E-state index >= 15 is 0 Å². The van der Waals surface area contributed by atoms with E-state index in [0.717, 1.165) is 124 Å². The highest BCUT2D eigenvalue weighted by molar-refractivity contribution is 6.30. The summed E-state index contributed by atoms with van der Waals surface area (Å²) >= 11 is 6.03. The minimum atomic E-state index is 0.616. The molecular formula is C39H55ClN4O2. The molecule has 1 heterocycles. The van der Waals surface area contributed by atoms with Crippen LogP contribution in [0.1, 0.15) is 71.4 Å². The molecule has 0 amide bonds. The van der Waals surface area contributed by atoms with Crippen LogP contribution in [0.2, 0.25) is 5.02 Å². The maximum absolute atomic E-state index is 6.43. The smallest absolute Gasteiger partial charge is 0.141 e. The van der Waals surface area contributed by atoms with Gasteiger partial charge in [0.1, 0.15) is 17.3 Å². The zero-order chi connectivity index (χ0) is 32.7. The van der Waals surface area contributed by atoms with E-state index in [9.17, 15) is 0 Å². The van der Waals surface area contributed by atoms with Crippen molar-refractivity contribution in [2.75, 3.05) is 52.5 Å². The van der Waals surface area contributed by atoms with Crippen molar-refractivity contribution in [2.24, 2.45) is 0 Å². The number of halogens is 1. The Hall–Kier alpha value is -3.06. The van der Waals surface area contributed by atoms with Crippen molar-refractivity contribution < 1.29 is 9.47 Å². The van der Waals surface area contributed by atoms with Gasteiger partial charge in [-0.15, -0.1) is 0 Å². The van der Waals surface area contributed by atoms with Crippen molar-refractivity contribution in [3.05, 3.63) is 76.8 Å². The van der Waals surface area contributed by atoms with E-state index in [0.29, 0.717) is 6.61 Å². The van der Waals surface area contributed by atoms with Crippen LogP contribution in [0.3, 0.4) is 0 Å². The maximum atomic E-state index is 6.43. The van der Waals surface area contributed by atoms with Crippen molar-refractivity contribution in [1.82, 2.24) is 19.4 Å². The molecule has 0 atom stereocenters. The van der Waals surface area contributed by atoms with E-state index in [2.05, 4.69) is 97.5 Å². The van der Waals surface area contributed by atoms with Crippen LogP contribution in [0.5, 0.6) is 11.5 Å². The molecular weight excluding hydrogens is 592 g/mol. The molecule has 250 valence electrons. The summed E-state index contributed by atoms with van der Waals surface area (Å²) in [4.78, 5) is 10.3. The average molecular weight is 647 g/mol. The molecule has 0 saturated heterocycles. The standard InChI is InChI=1S/C39H55ClN4O2/c1-6-11-26-44-37-30-36(45-27-13-25-43(9-4)10-5)29-33(14-12-24-42(7-2)8-3)38(37)41-39(44)32-17-21-35(22-18-32)46-28-23-31-15-19-34(40)20-16-31/h15-22,29-30H,6-14,23-28H2,1-5H3. The quantitative estimate of drug-likeness (QED) is 0.0845. The van der Waals surface area contributed by atoms with Gasteiger partial charge in [-0.05, 0) is 112 Å². The van der Waals surface area contributed by atoms with Crippen LogP contribution in [0.25, 0.3) is 22.4 Å². The molecule has 1 aromatic heterocycles. The number of benzene rings is 3. The summed E-state index contributed by atoms with van der Waals surface area (Å²) in [6, 6.07) is 20.9. The van der Waals surface area contributed by atoms with Crippen molar-refractivity contribution in [3.63, 3.8) is 0 Å². The van der Waals surface area contributed by atoms with Gasteiger partial charge in [0, 0.05) is 36.2 Å². The van der Waals surface area contributed by atoms with Gasteiger partial charge >= 0.3 is 0 Å². The minimum absolute atomic E-state index is 0.616. The fourth-order valence-corrected chi connectivity index (χ4v) is 6.12. The Morgan fingerprint density at radius 1 is 0.696 bits per heavy atom. The largest absolute Gasteiger partial charge is 0.493 e. The first-order valence-electron chi connectivity index (χ1n) is 17.6. The molecule has 4 rings (SSSR count). The number of fused-ring (bicyclic) bond motifs is 1. The number of unbranched alkanes of at least 4 members (excludes halogenated alkanes) is 1. The van der Waals surface area contributed by atoms with Gasteiger partial charge in [-0.2, -0.15) is 0 Å². The van der Waals surface area contributed by atoms with Crippen LogP contribution in [-0.4, -0.2) is 71.8 Å². The zero-order valence-electron chi connectivity index (χ0n) is 28.9. The Kier molecular flexibility index (Phi) is 14.7. The zero-order valence-corrected chi connectivity index (χ0v) is 29.6. The summed E-state index contributed by atoms with van der Waals surface area (Å²) in [7, 11) is 0. The Bertz CT molecular complexity index is 1440. The third-order valence-corrected chi connectivity index (χ3v) is 9.18. The molecule has 0 unspecified atom stereocenters. The Morgan fingerprint density at radius 3 is 2.00 bits per heavy atom. The minimum Gasteiger partial charge on any atom is -0.493 e. The summed E-state index contributed by atoms with van der Waals surface area (Å²) < 4.78 is 14.9. The number of hydrogen-bond acceptors (Lipinski definition) is 5. The van der Waals surface area contributed by atoms with Crippen molar-refractivity contribution >= 4 is 22.6 Å². The molecule has 7 heteroatoms. The van der Waals surface area contributed by atoms with Crippen molar-refractivity contribution in [1.29, 1.82) is 0 Å². The highest BCUT2D eigenvalue weighted by Crippen LogP contribution is 2.32. The monoisotopic (exact) mass is 646 g/mol. The highest BCUT2D eigenvalue weighted by Gasteiger charge is 2.18. The molecule has 4 aromatic rings. The van der Waals surface area contributed by atoms with Crippen molar-refractivity contribution in [2.45, 2.75) is 79.7 Å². The number of aryl methyl sites for hydroxylation is 2. The van der Waals surface area contributed by atoms with Crippen molar-refractivity contribution in [3.8, 4) is 22.9 Å². The molecule has 0 aliphatic rings. The molecule has 0 spiro atoms. The lowest BCUT2D eigenvalue weighted by Gasteiger charge is -2.18. The number of imidazole rings is 1. The van der Waals surface area contributed by atoms with Gasteiger partial charge in [-0.25, -0.2) is 4.98 Å². The van der Waals surface area contributed by atoms with Crippen LogP contribution >= 0.6 is 11.6 Å². The van der Waals surface area contributed by atoms with Crippen LogP contribution in [0, 0.1) is 0 Å². The molecule has 6 nitrogen and oxygen atoms in total. The lowest BCUT2D eigenvalue weighted by molar-refractivity contribution is 0.249. The van der Waals surface area contributed by atoms with Gasteiger partial charge in [-0.3, -0.25) is 0 Å². The molecule has 0 aliphatic heterocycles. The van der Waals surface area contributed by atoms with Gasteiger partial charge in [0.25, 0.3) is 0 Å². The summed E-state index contributed by atoms with van der Waals surface area (Å²) in [5, 5.41) is 0.756. The lowest BCUT2D eigenvalue weighted by atomic mass is 10.1. The maximum Gasteiger partial charge on any atom is 0.141 e. The molecule has 0 bridgehead atoms. The van der Waals surface area contributed by atoms with Crippen LogP contribution < -0.4 is 9.47 Å². The molecule has 0 radical (unpaired) electrons. The Labute approximate surface area is 282 Å². The van der Waals surface area contributed by atoms with E-state index in [1.54, 1.807) is 0 Å². The van der Waals surface area contributed by atoms with Gasteiger partial charge in [-0.1, -0.05) is 64.8 Å². The first-order valence-corrected chi connectivity index (χ1v) is 18.0. The second kappa shape index (κ2) is 18.9.